The highest BCUT2D eigenvalue weighted by Crippen LogP contribution is 2.31. The summed E-state index contributed by atoms with van der Waals surface area (Å²) in [5, 5.41) is 22.1. The van der Waals surface area contributed by atoms with E-state index in [1.165, 1.54) is 28.0 Å². The maximum Gasteiger partial charge on any atom is 0.416 e. The number of aromatic nitrogens is 1. The van der Waals surface area contributed by atoms with Gasteiger partial charge in [0.25, 0.3) is 5.91 Å². The van der Waals surface area contributed by atoms with Crippen LogP contribution in [0.2, 0.25) is 0 Å². The molecule has 4 rings (SSSR count). The average molecular weight is 733 g/mol. The highest BCUT2D eigenvalue weighted by Gasteiger charge is 2.32. The maximum atomic E-state index is 14.4. The van der Waals surface area contributed by atoms with Crippen LogP contribution in [-0.4, -0.2) is 89.6 Å². The third kappa shape index (κ3) is 10.6. The lowest BCUT2D eigenvalue weighted by atomic mass is 10.0. The van der Waals surface area contributed by atoms with Gasteiger partial charge in [0.2, 0.25) is 0 Å². The van der Waals surface area contributed by atoms with Gasteiger partial charge in [-0.25, -0.2) is 9.59 Å². The van der Waals surface area contributed by atoms with Gasteiger partial charge >= 0.3 is 18.2 Å². The first-order valence-corrected chi connectivity index (χ1v) is 17.1. The normalized spacial score (nSPS) is 19.5. The predicted molar refractivity (Wildman–Crippen MR) is 189 cm³/mol. The van der Waals surface area contributed by atoms with Crippen LogP contribution in [0.5, 0.6) is 5.75 Å². The molecule has 13 nitrogen and oxygen atoms in total. The van der Waals surface area contributed by atoms with Crippen molar-refractivity contribution < 1.29 is 46.7 Å². The molecule has 1 aromatic heterocycles. The molecule has 0 bridgehead atoms. The van der Waals surface area contributed by atoms with Crippen LogP contribution in [0.25, 0.3) is 0 Å². The molecule has 16 heteroatoms. The highest BCUT2D eigenvalue weighted by molar-refractivity contribution is 6.03. The maximum absolute atomic E-state index is 14.4. The Morgan fingerprint density at radius 1 is 1.06 bits per heavy atom. The van der Waals surface area contributed by atoms with Crippen molar-refractivity contribution in [3.63, 3.8) is 0 Å². The predicted octanol–water partition coefficient (Wildman–Crippen LogP) is 6.91. The van der Waals surface area contributed by atoms with Gasteiger partial charge in [0, 0.05) is 44.0 Å². The lowest BCUT2D eigenvalue weighted by Crippen LogP contribution is -2.48. The number of aliphatic hydroxyl groups excluding tert-OH is 1. The Labute approximate surface area is 300 Å². The molecule has 0 fully saturated rings. The Morgan fingerprint density at radius 2 is 1.75 bits per heavy atom. The van der Waals surface area contributed by atoms with E-state index in [9.17, 15) is 32.7 Å². The van der Waals surface area contributed by atoms with Gasteiger partial charge in [-0.3, -0.25) is 4.79 Å². The van der Waals surface area contributed by atoms with E-state index < -0.39 is 41.9 Å². The number of nitrogens with zero attached hydrogens (tertiary/aromatic N) is 3. The van der Waals surface area contributed by atoms with Crippen molar-refractivity contribution in [2.45, 2.75) is 78.3 Å². The van der Waals surface area contributed by atoms with Gasteiger partial charge in [0.15, 0.2) is 5.76 Å². The molecule has 1 aliphatic heterocycles. The topological polar surface area (TPSA) is 158 Å². The SMILES string of the molecule is Cc1noc(C)c1NC(=O)Nc1ccc2c(c1)C(=O)N([C@H](C)CO)C[C@H](C)[C@@H](CN(C)C(=O)Nc1ccc(C(F)(F)F)cc1)OCCCC[C@H](C)O2. The van der Waals surface area contributed by atoms with E-state index in [0.717, 1.165) is 18.6 Å². The van der Waals surface area contributed by atoms with Gasteiger partial charge < -0.3 is 44.9 Å². The minimum atomic E-state index is -4.50. The van der Waals surface area contributed by atoms with Crippen LogP contribution in [0.4, 0.5) is 39.8 Å². The van der Waals surface area contributed by atoms with E-state index in [-0.39, 0.29) is 43.0 Å². The molecule has 5 amide bonds. The first-order valence-electron chi connectivity index (χ1n) is 17.1. The van der Waals surface area contributed by atoms with Crippen molar-refractivity contribution in [1.82, 2.24) is 15.0 Å². The smallest absolute Gasteiger partial charge is 0.416 e. The van der Waals surface area contributed by atoms with Crippen molar-refractivity contribution >= 4 is 35.0 Å². The number of nitrogens with one attached hydrogen (secondary N) is 3. The fraction of sp³-hybridized carbons (Fsp3) is 0.500. The second-order valence-electron chi connectivity index (χ2n) is 13.2. The number of alkyl halides is 3. The molecule has 4 N–H and O–H groups in total. The zero-order valence-corrected chi connectivity index (χ0v) is 30.2. The van der Waals surface area contributed by atoms with E-state index in [1.54, 1.807) is 40.0 Å². The van der Waals surface area contributed by atoms with Crippen LogP contribution < -0.4 is 20.7 Å². The fourth-order valence-corrected chi connectivity index (χ4v) is 5.71. The van der Waals surface area contributed by atoms with Gasteiger partial charge in [-0.15, -0.1) is 0 Å². The Hall–Kier alpha value is -4.83. The Bertz CT molecular complexity index is 1660. The molecule has 0 saturated heterocycles. The van der Waals surface area contributed by atoms with Crippen molar-refractivity contribution in [1.29, 1.82) is 0 Å². The van der Waals surface area contributed by atoms with Crippen molar-refractivity contribution in [3.8, 4) is 5.75 Å². The second kappa shape index (κ2) is 17.6. The van der Waals surface area contributed by atoms with Gasteiger partial charge in [-0.05, 0) is 89.4 Å². The highest BCUT2D eigenvalue weighted by atomic mass is 19.4. The monoisotopic (exact) mass is 732 g/mol. The molecule has 0 saturated carbocycles. The van der Waals surface area contributed by atoms with E-state index in [0.29, 0.717) is 48.0 Å². The lowest BCUT2D eigenvalue weighted by Gasteiger charge is -2.35. The number of benzene rings is 2. The number of halogens is 3. The number of urea groups is 2. The zero-order chi connectivity index (χ0) is 38.2. The minimum absolute atomic E-state index is 0.105. The summed E-state index contributed by atoms with van der Waals surface area (Å²) in [6.07, 6.45) is -3.21. The minimum Gasteiger partial charge on any atom is -0.490 e. The summed E-state index contributed by atoms with van der Waals surface area (Å²) >= 11 is 0. The van der Waals surface area contributed by atoms with Crippen LogP contribution in [0.3, 0.4) is 0 Å². The Morgan fingerprint density at radius 3 is 2.38 bits per heavy atom. The first kappa shape index (κ1) is 39.9. The number of hydrogen-bond acceptors (Lipinski definition) is 8. The molecular formula is C36H47F3N6O7. The van der Waals surface area contributed by atoms with E-state index in [2.05, 4.69) is 21.1 Å². The van der Waals surface area contributed by atoms with E-state index in [1.807, 2.05) is 13.8 Å². The molecule has 0 aliphatic carbocycles. The number of amides is 5. The number of ether oxygens (including phenoxy) is 2. The summed E-state index contributed by atoms with van der Waals surface area (Å²) in [6, 6.07) is 7.19. The molecular weight excluding hydrogens is 685 g/mol. The largest absolute Gasteiger partial charge is 0.490 e. The molecule has 3 aromatic rings. The molecule has 1 aliphatic rings. The number of anilines is 3. The van der Waals surface area contributed by atoms with E-state index >= 15 is 0 Å². The number of aryl methyl sites for hydroxylation is 2. The van der Waals surface area contributed by atoms with Crippen molar-refractivity contribution in [3.05, 3.63) is 65.0 Å². The quantitative estimate of drug-likeness (QED) is 0.204. The second-order valence-corrected chi connectivity index (χ2v) is 13.2. The number of carbonyl (C=O) groups is 3. The summed E-state index contributed by atoms with van der Waals surface area (Å²) in [7, 11) is 1.55. The van der Waals surface area contributed by atoms with Crippen LogP contribution in [0.1, 0.15) is 67.4 Å². The summed E-state index contributed by atoms with van der Waals surface area (Å²) in [4.78, 5) is 43.3. The lowest BCUT2D eigenvalue weighted by molar-refractivity contribution is -0.137. The van der Waals surface area contributed by atoms with Crippen molar-refractivity contribution in [2.24, 2.45) is 5.92 Å². The van der Waals surface area contributed by atoms with Gasteiger partial charge in [-0.2, -0.15) is 13.2 Å². The molecule has 0 unspecified atom stereocenters. The molecule has 52 heavy (non-hydrogen) atoms. The third-order valence-corrected chi connectivity index (χ3v) is 8.85. The Balaban J connectivity index is 1.56. The fourth-order valence-electron chi connectivity index (χ4n) is 5.71. The number of aliphatic hydroxyl groups is 1. The van der Waals surface area contributed by atoms with Gasteiger partial charge in [0.1, 0.15) is 17.1 Å². The molecule has 0 radical (unpaired) electrons. The molecule has 0 spiro atoms. The third-order valence-electron chi connectivity index (χ3n) is 8.85. The molecule has 284 valence electrons. The van der Waals surface area contributed by atoms with Crippen LogP contribution in [0, 0.1) is 19.8 Å². The number of hydrogen-bond donors (Lipinski definition) is 4. The first-order chi connectivity index (χ1) is 24.6. The number of rotatable bonds is 7. The van der Waals surface area contributed by atoms with Crippen LogP contribution in [0.15, 0.2) is 47.0 Å². The van der Waals surface area contributed by atoms with Crippen LogP contribution >= 0.6 is 0 Å². The summed E-state index contributed by atoms with van der Waals surface area (Å²) in [6.45, 7) is 9.10. The zero-order valence-electron chi connectivity index (χ0n) is 30.2. The summed E-state index contributed by atoms with van der Waals surface area (Å²) < 4.78 is 56.6. The van der Waals surface area contributed by atoms with Gasteiger partial charge in [-0.1, -0.05) is 12.1 Å². The van der Waals surface area contributed by atoms with Gasteiger partial charge in [0.05, 0.1) is 36.0 Å². The molecule has 2 aromatic carbocycles. The van der Waals surface area contributed by atoms with Crippen LogP contribution in [-0.2, 0) is 10.9 Å². The summed E-state index contributed by atoms with van der Waals surface area (Å²) in [5.41, 5.74) is 0.804. The summed E-state index contributed by atoms with van der Waals surface area (Å²) in [5.74, 6) is -0.0471. The number of fused-ring (bicyclic) bond motifs is 1. The standard InChI is InChI=1S/C36H47F3N6O7/c1-21-18-45(22(2)20-46)33(47)29-17-28(40-34(48)42-32-24(4)43-52-25(32)5)14-15-30(29)51-23(3)9-7-8-16-50-31(21)19-44(6)35(49)41-27-12-10-26(11-13-27)36(37,38)39/h10-15,17,21-23,31,46H,7-9,16,18-20H2,1-6H3,(H,41,49)(H2,40,42,48)/t21-,22+,23-,31+/m0/s1. The van der Waals surface area contributed by atoms with E-state index in [4.69, 9.17) is 14.0 Å². The number of likely N-dealkylation sites (N-methyl/N-ethyl adjacent to an activating group) is 1. The number of carbonyl (C=O) groups excluding carboxylic acids is 3. The Kier molecular flexibility index (Phi) is 13.5. The van der Waals surface area contributed by atoms with Crippen molar-refractivity contribution in [2.75, 3.05) is 49.3 Å². The molecule has 4 atom stereocenters. The average Bonchev–Trinajstić information content (AvgIpc) is 3.41. The molecule has 2 heterocycles.